The van der Waals surface area contributed by atoms with Gasteiger partial charge in [0.2, 0.25) is 0 Å². The maximum atomic E-state index is 11.6. The van der Waals surface area contributed by atoms with Crippen LogP contribution in [-0.2, 0) is 16.6 Å². The average Bonchev–Trinajstić information content (AvgIpc) is 2.67. The van der Waals surface area contributed by atoms with Gasteiger partial charge in [0.15, 0.2) is 6.10 Å². The molecule has 4 nitrogen and oxygen atoms in total. The van der Waals surface area contributed by atoms with Crippen LogP contribution in [0.25, 0.3) is 10.9 Å². The molecule has 1 atom stereocenters. The molecule has 0 saturated heterocycles. The van der Waals surface area contributed by atoms with Crippen molar-refractivity contribution in [3.05, 3.63) is 35.0 Å². The van der Waals surface area contributed by atoms with E-state index in [1.165, 1.54) is 0 Å². The lowest BCUT2D eigenvalue weighted by atomic mass is 10.1. The van der Waals surface area contributed by atoms with Gasteiger partial charge in [-0.3, -0.25) is 0 Å². The van der Waals surface area contributed by atoms with Crippen LogP contribution in [0.2, 0.25) is 5.02 Å². The Morgan fingerprint density at radius 2 is 2.28 bits per heavy atom. The van der Waals surface area contributed by atoms with Gasteiger partial charge in [0.1, 0.15) is 0 Å². The number of fused-ring (bicyclic) bond motifs is 1. The number of ether oxygens (including phenoxy) is 1. The minimum absolute atomic E-state index is 0.238. The number of carbonyl (C=O) groups is 1. The van der Waals surface area contributed by atoms with E-state index in [1.54, 1.807) is 29.8 Å². The molecule has 18 heavy (non-hydrogen) atoms. The highest BCUT2D eigenvalue weighted by molar-refractivity contribution is 6.35. The molecule has 1 N–H and O–H groups in total. The lowest BCUT2D eigenvalue weighted by Crippen LogP contribution is -2.15. The summed E-state index contributed by atoms with van der Waals surface area (Å²) in [5.74, 6) is -0.648. The summed E-state index contributed by atoms with van der Waals surface area (Å²) < 4.78 is 6.60. The molecular formula is C13H14ClNO3. The minimum atomic E-state index is -1.29. The van der Waals surface area contributed by atoms with Gasteiger partial charge in [-0.25, -0.2) is 4.79 Å². The summed E-state index contributed by atoms with van der Waals surface area (Å²) in [7, 11) is 1.82. The highest BCUT2D eigenvalue weighted by atomic mass is 35.5. The van der Waals surface area contributed by atoms with Crippen LogP contribution in [0.4, 0.5) is 0 Å². The number of aliphatic hydroxyl groups is 1. The Balaban J connectivity index is 2.52. The molecular weight excluding hydrogens is 254 g/mol. The normalized spacial score (nSPS) is 12.7. The molecule has 0 radical (unpaired) electrons. The van der Waals surface area contributed by atoms with Gasteiger partial charge >= 0.3 is 5.97 Å². The van der Waals surface area contributed by atoms with Gasteiger partial charge in [0.25, 0.3) is 0 Å². The van der Waals surface area contributed by atoms with Crippen LogP contribution in [0, 0.1) is 0 Å². The first-order valence-electron chi connectivity index (χ1n) is 5.64. The van der Waals surface area contributed by atoms with Crippen molar-refractivity contribution < 1.29 is 14.6 Å². The van der Waals surface area contributed by atoms with E-state index in [4.69, 9.17) is 16.3 Å². The molecule has 0 aliphatic rings. The number of aromatic nitrogens is 1. The Bertz CT molecular complexity index is 591. The van der Waals surface area contributed by atoms with Crippen LogP contribution in [-0.4, -0.2) is 22.2 Å². The summed E-state index contributed by atoms with van der Waals surface area (Å²) >= 11 is 6.10. The highest BCUT2D eigenvalue weighted by Gasteiger charge is 2.23. The summed E-state index contributed by atoms with van der Waals surface area (Å²) in [6.45, 7) is 1.94. The maximum Gasteiger partial charge on any atom is 0.339 e. The predicted molar refractivity (Wildman–Crippen MR) is 69.5 cm³/mol. The number of hydrogen-bond acceptors (Lipinski definition) is 3. The molecule has 1 unspecified atom stereocenters. The van der Waals surface area contributed by atoms with Gasteiger partial charge in [0.05, 0.1) is 17.1 Å². The second-order valence-corrected chi connectivity index (χ2v) is 4.39. The van der Waals surface area contributed by atoms with Crippen molar-refractivity contribution in [2.45, 2.75) is 13.0 Å². The smallest absolute Gasteiger partial charge is 0.339 e. The lowest BCUT2D eigenvalue weighted by molar-refractivity contribution is -0.153. The third kappa shape index (κ3) is 2.09. The van der Waals surface area contributed by atoms with Crippen molar-refractivity contribution in [3.63, 3.8) is 0 Å². The molecule has 2 aromatic rings. The first kappa shape index (κ1) is 12.9. The van der Waals surface area contributed by atoms with Crippen LogP contribution < -0.4 is 0 Å². The molecule has 0 aliphatic carbocycles. The first-order valence-corrected chi connectivity index (χ1v) is 6.02. The number of esters is 1. The standard InChI is InChI=1S/C13H14ClNO3/c1-3-18-13(17)12(16)9-7-15(2)11-8(9)5-4-6-10(11)14/h4-7,12,16H,3H2,1-2H3. The number of aliphatic hydroxyl groups excluding tert-OH is 1. The Hall–Kier alpha value is -1.52. The van der Waals surface area contributed by atoms with E-state index >= 15 is 0 Å². The zero-order chi connectivity index (χ0) is 13.3. The van der Waals surface area contributed by atoms with Gasteiger partial charge in [-0.1, -0.05) is 23.7 Å². The van der Waals surface area contributed by atoms with E-state index in [9.17, 15) is 9.90 Å². The number of benzene rings is 1. The number of nitrogens with zero attached hydrogens (tertiary/aromatic N) is 1. The largest absolute Gasteiger partial charge is 0.464 e. The van der Waals surface area contributed by atoms with E-state index in [0.717, 1.165) is 10.9 Å². The zero-order valence-corrected chi connectivity index (χ0v) is 10.9. The third-order valence-electron chi connectivity index (χ3n) is 2.79. The molecule has 1 aromatic carbocycles. The average molecular weight is 268 g/mol. The maximum absolute atomic E-state index is 11.6. The topological polar surface area (TPSA) is 51.5 Å². The van der Waals surface area contributed by atoms with Gasteiger partial charge in [0, 0.05) is 24.2 Å². The van der Waals surface area contributed by atoms with Gasteiger partial charge in [-0.15, -0.1) is 0 Å². The molecule has 0 aliphatic heterocycles. The molecule has 0 amide bonds. The van der Waals surface area contributed by atoms with Crippen LogP contribution in [0.15, 0.2) is 24.4 Å². The summed E-state index contributed by atoms with van der Waals surface area (Å²) in [5, 5.41) is 11.3. The third-order valence-corrected chi connectivity index (χ3v) is 3.09. The van der Waals surface area contributed by atoms with Crippen molar-refractivity contribution in [1.29, 1.82) is 0 Å². The van der Waals surface area contributed by atoms with E-state index in [2.05, 4.69) is 0 Å². The first-order chi connectivity index (χ1) is 8.56. The summed E-state index contributed by atoms with van der Waals surface area (Å²) in [5.41, 5.74) is 1.30. The molecule has 5 heteroatoms. The van der Waals surface area contributed by atoms with Gasteiger partial charge < -0.3 is 14.4 Å². The minimum Gasteiger partial charge on any atom is -0.464 e. The molecule has 1 heterocycles. The number of rotatable bonds is 3. The number of halogens is 1. The van der Waals surface area contributed by atoms with E-state index < -0.39 is 12.1 Å². The zero-order valence-electron chi connectivity index (χ0n) is 10.2. The fourth-order valence-electron chi connectivity index (χ4n) is 2.02. The number of aryl methyl sites for hydroxylation is 1. The van der Waals surface area contributed by atoms with Crippen LogP contribution >= 0.6 is 11.6 Å². The van der Waals surface area contributed by atoms with E-state index in [0.29, 0.717) is 10.6 Å². The van der Waals surface area contributed by atoms with Gasteiger partial charge in [-0.05, 0) is 13.0 Å². The summed E-state index contributed by atoms with van der Waals surface area (Å²) in [4.78, 5) is 11.6. The van der Waals surface area contributed by atoms with Crippen LogP contribution in [0.5, 0.6) is 0 Å². The second kappa shape index (κ2) is 5.00. The predicted octanol–water partition coefficient (Wildman–Crippen LogP) is 2.43. The van der Waals surface area contributed by atoms with Crippen molar-refractivity contribution in [2.75, 3.05) is 6.61 Å². The fourth-order valence-corrected chi connectivity index (χ4v) is 2.32. The molecule has 96 valence electrons. The summed E-state index contributed by atoms with van der Waals surface area (Å²) in [6.07, 6.45) is 0.408. The monoisotopic (exact) mass is 267 g/mol. The van der Waals surface area contributed by atoms with E-state index in [-0.39, 0.29) is 6.61 Å². The van der Waals surface area contributed by atoms with Crippen LogP contribution in [0.3, 0.4) is 0 Å². The van der Waals surface area contributed by atoms with Crippen molar-refractivity contribution in [2.24, 2.45) is 7.05 Å². The van der Waals surface area contributed by atoms with Crippen molar-refractivity contribution >= 4 is 28.5 Å². The molecule has 0 saturated carbocycles. The second-order valence-electron chi connectivity index (χ2n) is 3.99. The highest BCUT2D eigenvalue weighted by Crippen LogP contribution is 2.31. The fraction of sp³-hybridized carbons (Fsp3) is 0.308. The van der Waals surface area contributed by atoms with Crippen molar-refractivity contribution in [1.82, 2.24) is 4.57 Å². The van der Waals surface area contributed by atoms with Crippen molar-refractivity contribution in [3.8, 4) is 0 Å². The molecule has 0 fully saturated rings. The number of para-hydroxylation sites is 1. The molecule has 0 bridgehead atoms. The molecule has 0 spiro atoms. The van der Waals surface area contributed by atoms with Gasteiger partial charge in [-0.2, -0.15) is 0 Å². The van der Waals surface area contributed by atoms with E-state index in [1.807, 2.05) is 13.1 Å². The Morgan fingerprint density at radius 3 is 2.94 bits per heavy atom. The number of hydrogen-bond donors (Lipinski definition) is 1. The Labute approximate surface area is 110 Å². The quantitative estimate of drug-likeness (QED) is 0.869. The Kier molecular flexibility index (Phi) is 3.59. The molecule has 2 rings (SSSR count). The lowest BCUT2D eigenvalue weighted by Gasteiger charge is -2.08. The molecule has 1 aromatic heterocycles. The SMILES string of the molecule is CCOC(=O)C(O)c1cn(C)c2c(Cl)cccc12. The van der Waals surface area contributed by atoms with Crippen LogP contribution in [0.1, 0.15) is 18.6 Å². The summed E-state index contributed by atoms with van der Waals surface area (Å²) in [6, 6.07) is 5.37. The Morgan fingerprint density at radius 1 is 1.56 bits per heavy atom. The number of carbonyl (C=O) groups excluding carboxylic acids is 1.